The molecule has 0 saturated heterocycles. The molecule has 0 aliphatic heterocycles. The minimum absolute atomic E-state index is 0.233. The first-order chi connectivity index (χ1) is 7.00. The van der Waals surface area contributed by atoms with Gasteiger partial charge in [0.1, 0.15) is 0 Å². The first-order valence-corrected chi connectivity index (χ1v) is 5.15. The highest BCUT2D eigenvalue weighted by Gasteiger charge is 2.25. The van der Waals surface area contributed by atoms with Crippen LogP contribution in [0.2, 0.25) is 0 Å². The Hall–Kier alpha value is -1.32. The van der Waals surface area contributed by atoms with Crippen molar-refractivity contribution >= 4 is 11.9 Å². The molecule has 1 saturated carbocycles. The molecule has 84 valence electrons. The molecule has 0 aromatic carbocycles. The number of hydrogen-bond acceptors (Lipinski definition) is 2. The fraction of sp³-hybridized carbons (Fsp3) is 0.636. The van der Waals surface area contributed by atoms with E-state index in [0.717, 1.165) is 12.8 Å². The Morgan fingerprint density at radius 3 is 2.07 bits per heavy atom. The predicted octanol–water partition coefficient (Wildman–Crippen LogP) is 1.91. The zero-order chi connectivity index (χ0) is 11.4. The molecule has 0 atom stereocenters. The molecule has 0 aromatic heterocycles. The topological polar surface area (TPSA) is 74.6 Å². The molecule has 1 fully saturated rings. The van der Waals surface area contributed by atoms with E-state index in [2.05, 4.69) is 0 Å². The first kappa shape index (κ1) is 11.8. The van der Waals surface area contributed by atoms with Crippen LogP contribution in [0, 0.1) is 11.8 Å². The number of allylic oxidation sites excluding steroid dienone is 1. The normalized spacial score (nSPS) is 27.4. The van der Waals surface area contributed by atoms with Crippen LogP contribution >= 0.6 is 0 Å². The van der Waals surface area contributed by atoms with E-state index in [4.69, 9.17) is 10.2 Å². The van der Waals surface area contributed by atoms with Crippen molar-refractivity contribution in [1.29, 1.82) is 0 Å². The van der Waals surface area contributed by atoms with E-state index < -0.39 is 11.9 Å². The third-order valence-corrected chi connectivity index (χ3v) is 2.94. The largest absolute Gasteiger partial charge is 0.481 e. The maximum Gasteiger partial charge on any atom is 0.330 e. The third kappa shape index (κ3) is 3.38. The van der Waals surface area contributed by atoms with Gasteiger partial charge in [-0.3, -0.25) is 4.79 Å². The number of hydrogen-bond donors (Lipinski definition) is 2. The summed E-state index contributed by atoms with van der Waals surface area (Å²) in [6, 6.07) is 0. The second kappa shape index (κ2) is 4.96. The number of carboxylic acid groups (broad SMARTS) is 2. The minimum Gasteiger partial charge on any atom is -0.481 e. The van der Waals surface area contributed by atoms with Crippen molar-refractivity contribution in [3.8, 4) is 0 Å². The fourth-order valence-corrected chi connectivity index (χ4v) is 1.96. The van der Waals surface area contributed by atoms with Crippen LogP contribution in [0.15, 0.2) is 11.6 Å². The molecular weight excluding hydrogens is 196 g/mol. The Morgan fingerprint density at radius 1 is 1.13 bits per heavy atom. The molecular formula is C11H16O4. The van der Waals surface area contributed by atoms with Gasteiger partial charge in [0.15, 0.2) is 0 Å². The maximum atomic E-state index is 10.7. The Morgan fingerprint density at radius 2 is 1.67 bits per heavy atom. The van der Waals surface area contributed by atoms with E-state index in [1.807, 2.05) is 0 Å². The van der Waals surface area contributed by atoms with Gasteiger partial charge in [-0.2, -0.15) is 0 Å². The Labute approximate surface area is 88.6 Å². The summed E-state index contributed by atoms with van der Waals surface area (Å²) < 4.78 is 0. The summed E-state index contributed by atoms with van der Waals surface area (Å²) >= 11 is 0. The molecule has 2 N–H and O–H groups in total. The molecule has 4 nitrogen and oxygen atoms in total. The first-order valence-electron chi connectivity index (χ1n) is 5.15. The van der Waals surface area contributed by atoms with Crippen LogP contribution < -0.4 is 0 Å². The van der Waals surface area contributed by atoms with Crippen molar-refractivity contribution < 1.29 is 19.8 Å². The highest BCUT2D eigenvalue weighted by Crippen LogP contribution is 2.30. The Bertz CT molecular complexity index is 285. The second-order valence-corrected chi connectivity index (χ2v) is 4.10. The summed E-state index contributed by atoms with van der Waals surface area (Å²) in [5, 5.41) is 17.5. The summed E-state index contributed by atoms with van der Waals surface area (Å²) in [4.78, 5) is 21.3. The molecule has 0 amide bonds. The van der Waals surface area contributed by atoms with Crippen molar-refractivity contribution in [1.82, 2.24) is 0 Å². The molecule has 1 rings (SSSR count). The molecule has 1 aliphatic rings. The van der Waals surface area contributed by atoms with Gasteiger partial charge < -0.3 is 10.2 Å². The van der Waals surface area contributed by atoms with Gasteiger partial charge in [-0.25, -0.2) is 4.79 Å². The zero-order valence-electron chi connectivity index (χ0n) is 8.77. The lowest BCUT2D eigenvalue weighted by molar-refractivity contribution is -0.143. The van der Waals surface area contributed by atoms with Crippen LogP contribution in [-0.4, -0.2) is 22.2 Å². The highest BCUT2D eigenvalue weighted by atomic mass is 16.4. The maximum absolute atomic E-state index is 10.7. The van der Waals surface area contributed by atoms with Crippen molar-refractivity contribution in [3.63, 3.8) is 0 Å². The lowest BCUT2D eigenvalue weighted by Gasteiger charge is -2.23. The smallest absolute Gasteiger partial charge is 0.330 e. The average molecular weight is 212 g/mol. The zero-order valence-corrected chi connectivity index (χ0v) is 8.77. The van der Waals surface area contributed by atoms with Gasteiger partial charge in [0.05, 0.1) is 5.92 Å². The molecule has 0 aromatic rings. The van der Waals surface area contributed by atoms with Crippen LogP contribution in [-0.2, 0) is 9.59 Å². The SMILES string of the molecule is CC(=CC1CCC(C(=O)O)CC1)C(=O)O. The summed E-state index contributed by atoms with van der Waals surface area (Å²) in [7, 11) is 0. The van der Waals surface area contributed by atoms with Gasteiger partial charge in [-0.1, -0.05) is 6.08 Å². The van der Waals surface area contributed by atoms with E-state index in [9.17, 15) is 9.59 Å². The van der Waals surface area contributed by atoms with E-state index >= 15 is 0 Å². The molecule has 0 unspecified atom stereocenters. The van der Waals surface area contributed by atoms with Crippen molar-refractivity contribution in [3.05, 3.63) is 11.6 Å². The summed E-state index contributed by atoms with van der Waals surface area (Å²) in [6.07, 6.45) is 4.62. The van der Waals surface area contributed by atoms with E-state index in [1.165, 1.54) is 0 Å². The van der Waals surface area contributed by atoms with Gasteiger partial charge in [0, 0.05) is 5.57 Å². The van der Waals surface area contributed by atoms with Gasteiger partial charge in [-0.05, 0) is 38.5 Å². The Kier molecular flexibility index (Phi) is 3.88. The van der Waals surface area contributed by atoms with E-state index in [0.29, 0.717) is 18.4 Å². The number of carboxylic acids is 2. The van der Waals surface area contributed by atoms with Gasteiger partial charge in [0.2, 0.25) is 0 Å². The van der Waals surface area contributed by atoms with Crippen LogP contribution in [0.4, 0.5) is 0 Å². The summed E-state index contributed by atoms with van der Waals surface area (Å²) in [5.41, 5.74) is 0.355. The van der Waals surface area contributed by atoms with Crippen LogP contribution in [0.3, 0.4) is 0 Å². The van der Waals surface area contributed by atoms with Crippen LogP contribution in [0.25, 0.3) is 0 Å². The quantitative estimate of drug-likeness (QED) is 0.701. The number of aliphatic carboxylic acids is 2. The van der Waals surface area contributed by atoms with Gasteiger partial charge >= 0.3 is 11.9 Å². The van der Waals surface area contributed by atoms with E-state index in [1.54, 1.807) is 13.0 Å². The molecule has 4 heteroatoms. The molecule has 0 radical (unpaired) electrons. The fourth-order valence-electron chi connectivity index (χ4n) is 1.96. The highest BCUT2D eigenvalue weighted by molar-refractivity contribution is 5.85. The van der Waals surface area contributed by atoms with Crippen LogP contribution in [0.1, 0.15) is 32.6 Å². The van der Waals surface area contributed by atoms with Crippen molar-refractivity contribution in [2.75, 3.05) is 0 Å². The van der Waals surface area contributed by atoms with Crippen LogP contribution in [0.5, 0.6) is 0 Å². The monoisotopic (exact) mass is 212 g/mol. The van der Waals surface area contributed by atoms with Gasteiger partial charge in [-0.15, -0.1) is 0 Å². The Balaban J connectivity index is 2.48. The number of carbonyl (C=O) groups is 2. The minimum atomic E-state index is -0.893. The van der Waals surface area contributed by atoms with Gasteiger partial charge in [0.25, 0.3) is 0 Å². The molecule has 0 bridgehead atoms. The lowest BCUT2D eigenvalue weighted by Crippen LogP contribution is -2.20. The predicted molar refractivity (Wildman–Crippen MR) is 54.5 cm³/mol. The average Bonchev–Trinajstić information content (AvgIpc) is 2.18. The molecule has 0 heterocycles. The third-order valence-electron chi connectivity index (χ3n) is 2.94. The van der Waals surface area contributed by atoms with E-state index in [-0.39, 0.29) is 11.8 Å². The molecule has 0 spiro atoms. The molecule has 1 aliphatic carbocycles. The van der Waals surface area contributed by atoms with Crippen molar-refractivity contribution in [2.45, 2.75) is 32.6 Å². The number of rotatable bonds is 3. The standard InChI is InChI=1S/C11H16O4/c1-7(10(12)13)6-8-2-4-9(5-3-8)11(14)15/h6,8-9H,2-5H2,1H3,(H,12,13)(H,14,15). The van der Waals surface area contributed by atoms with Crippen molar-refractivity contribution in [2.24, 2.45) is 11.8 Å². The summed E-state index contributed by atoms with van der Waals surface area (Å²) in [6.45, 7) is 1.58. The second-order valence-electron chi connectivity index (χ2n) is 4.10. The summed E-state index contributed by atoms with van der Waals surface area (Å²) in [5.74, 6) is -1.63. The lowest BCUT2D eigenvalue weighted by atomic mass is 9.81. The molecule has 15 heavy (non-hydrogen) atoms.